The van der Waals surface area contributed by atoms with Gasteiger partial charge in [0, 0.05) is 25.7 Å². The first-order valence-electron chi connectivity index (χ1n) is 5.12. The monoisotopic (exact) mass is 183 g/mol. The molecule has 2 fully saturated rings. The first-order chi connectivity index (χ1) is 6.36. The number of hydrogen-bond acceptors (Lipinski definition) is 2. The summed E-state index contributed by atoms with van der Waals surface area (Å²) in [6.07, 6.45) is 3.79. The Bertz CT molecular complexity index is 189. The van der Waals surface area contributed by atoms with Crippen molar-refractivity contribution in [1.82, 2.24) is 15.5 Å². The number of piperidine rings is 1. The second-order valence-electron chi connectivity index (χ2n) is 3.82. The molecule has 2 amide bonds. The van der Waals surface area contributed by atoms with Gasteiger partial charge in [-0.2, -0.15) is 0 Å². The van der Waals surface area contributed by atoms with Gasteiger partial charge in [-0.25, -0.2) is 4.79 Å². The number of hydrogen-bond donors (Lipinski definition) is 2. The highest BCUT2D eigenvalue weighted by Gasteiger charge is 2.23. The second-order valence-corrected chi connectivity index (χ2v) is 3.82. The van der Waals surface area contributed by atoms with E-state index in [9.17, 15) is 4.79 Å². The van der Waals surface area contributed by atoms with Gasteiger partial charge in [0.2, 0.25) is 0 Å². The van der Waals surface area contributed by atoms with Gasteiger partial charge in [0.1, 0.15) is 0 Å². The molecule has 0 aliphatic carbocycles. The van der Waals surface area contributed by atoms with Crippen LogP contribution in [0.4, 0.5) is 4.79 Å². The second kappa shape index (κ2) is 3.96. The summed E-state index contributed by atoms with van der Waals surface area (Å²) in [5.41, 5.74) is 0. The van der Waals surface area contributed by atoms with Crippen LogP contribution >= 0.6 is 0 Å². The Morgan fingerprint density at radius 1 is 1.38 bits per heavy atom. The van der Waals surface area contributed by atoms with E-state index in [1.165, 1.54) is 19.3 Å². The molecule has 0 radical (unpaired) electrons. The molecule has 2 heterocycles. The highest BCUT2D eigenvalue weighted by Crippen LogP contribution is 2.09. The number of nitrogens with one attached hydrogen (secondary N) is 2. The fourth-order valence-electron chi connectivity index (χ4n) is 2.03. The molecule has 2 saturated heterocycles. The molecule has 2 aliphatic heterocycles. The fraction of sp³-hybridized carbons (Fsp3) is 0.889. The topological polar surface area (TPSA) is 44.4 Å². The third-order valence-electron chi connectivity index (χ3n) is 2.80. The Morgan fingerprint density at radius 3 is 2.92 bits per heavy atom. The lowest BCUT2D eigenvalue weighted by molar-refractivity contribution is 0.207. The Hall–Kier alpha value is -0.770. The van der Waals surface area contributed by atoms with Crippen LogP contribution in [0.3, 0.4) is 0 Å². The summed E-state index contributed by atoms with van der Waals surface area (Å²) in [5.74, 6) is 0. The van der Waals surface area contributed by atoms with Crippen LogP contribution in [0.1, 0.15) is 19.3 Å². The van der Waals surface area contributed by atoms with E-state index in [1.807, 2.05) is 4.90 Å². The molecule has 0 aromatic heterocycles. The molecular weight excluding hydrogens is 166 g/mol. The van der Waals surface area contributed by atoms with Crippen molar-refractivity contribution in [3.05, 3.63) is 0 Å². The Labute approximate surface area is 78.7 Å². The van der Waals surface area contributed by atoms with Crippen LogP contribution in [0.15, 0.2) is 0 Å². The summed E-state index contributed by atoms with van der Waals surface area (Å²) in [7, 11) is 0. The van der Waals surface area contributed by atoms with Crippen LogP contribution in [0.5, 0.6) is 0 Å². The Kier molecular flexibility index (Phi) is 2.68. The van der Waals surface area contributed by atoms with Gasteiger partial charge in [-0.05, 0) is 19.4 Å². The minimum absolute atomic E-state index is 0.104. The smallest absolute Gasteiger partial charge is 0.317 e. The normalized spacial score (nSPS) is 29.1. The summed E-state index contributed by atoms with van der Waals surface area (Å²) in [5, 5.41) is 6.26. The van der Waals surface area contributed by atoms with E-state index in [2.05, 4.69) is 10.6 Å². The van der Waals surface area contributed by atoms with Crippen molar-refractivity contribution in [3.63, 3.8) is 0 Å². The molecule has 0 aromatic rings. The SMILES string of the molecule is O=C1NCCN1CC1CCCCN1. The van der Waals surface area contributed by atoms with Crippen molar-refractivity contribution in [2.75, 3.05) is 26.2 Å². The molecule has 2 N–H and O–H groups in total. The third kappa shape index (κ3) is 2.12. The first-order valence-corrected chi connectivity index (χ1v) is 5.12. The summed E-state index contributed by atoms with van der Waals surface area (Å²) >= 11 is 0. The van der Waals surface area contributed by atoms with E-state index in [-0.39, 0.29) is 6.03 Å². The third-order valence-corrected chi connectivity index (χ3v) is 2.80. The predicted molar refractivity (Wildman–Crippen MR) is 50.6 cm³/mol. The van der Waals surface area contributed by atoms with E-state index in [1.54, 1.807) is 0 Å². The van der Waals surface area contributed by atoms with E-state index in [0.717, 1.165) is 26.2 Å². The van der Waals surface area contributed by atoms with E-state index >= 15 is 0 Å². The molecule has 0 aromatic carbocycles. The quantitative estimate of drug-likeness (QED) is 0.640. The molecule has 1 unspecified atom stereocenters. The summed E-state index contributed by atoms with van der Waals surface area (Å²) < 4.78 is 0. The van der Waals surface area contributed by atoms with Gasteiger partial charge in [-0.1, -0.05) is 6.42 Å². The van der Waals surface area contributed by atoms with Crippen molar-refractivity contribution >= 4 is 6.03 Å². The average molecular weight is 183 g/mol. The minimum atomic E-state index is 0.104. The molecule has 13 heavy (non-hydrogen) atoms. The lowest BCUT2D eigenvalue weighted by Gasteiger charge is -2.27. The van der Waals surface area contributed by atoms with Crippen LogP contribution in [0, 0.1) is 0 Å². The lowest BCUT2D eigenvalue weighted by atomic mass is 10.0. The van der Waals surface area contributed by atoms with Gasteiger partial charge < -0.3 is 15.5 Å². The molecule has 2 rings (SSSR count). The number of nitrogens with zero attached hydrogens (tertiary/aromatic N) is 1. The van der Waals surface area contributed by atoms with Crippen molar-refractivity contribution in [1.29, 1.82) is 0 Å². The van der Waals surface area contributed by atoms with E-state index in [4.69, 9.17) is 0 Å². The highest BCUT2D eigenvalue weighted by molar-refractivity contribution is 5.76. The zero-order valence-corrected chi connectivity index (χ0v) is 7.88. The summed E-state index contributed by atoms with van der Waals surface area (Å²) in [6, 6.07) is 0.630. The van der Waals surface area contributed by atoms with E-state index < -0.39 is 0 Å². The number of urea groups is 1. The molecule has 0 saturated carbocycles. The molecule has 2 aliphatic rings. The number of carbonyl (C=O) groups is 1. The zero-order chi connectivity index (χ0) is 9.10. The maximum absolute atomic E-state index is 11.2. The maximum atomic E-state index is 11.2. The molecular formula is C9H17N3O. The highest BCUT2D eigenvalue weighted by atomic mass is 16.2. The number of rotatable bonds is 2. The van der Waals surface area contributed by atoms with Crippen LogP contribution < -0.4 is 10.6 Å². The molecule has 0 bridgehead atoms. The van der Waals surface area contributed by atoms with Gasteiger partial charge in [0.25, 0.3) is 0 Å². The average Bonchev–Trinajstić information content (AvgIpc) is 2.54. The molecule has 74 valence electrons. The Morgan fingerprint density at radius 2 is 2.31 bits per heavy atom. The van der Waals surface area contributed by atoms with Crippen molar-refractivity contribution in [2.24, 2.45) is 0 Å². The van der Waals surface area contributed by atoms with Gasteiger partial charge >= 0.3 is 6.03 Å². The predicted octanol–water partition coefficient (Wildman–Crippen LogP) is 0.154. The standard InChI is InChI=1S/C9H17N3O/c13-9-11-5-6-12(9)7-8-3-1-2-4-10-8/h8,10H,1-7H2,(H,11,13). The molecule has 4 heteroatoms. The lowest BCUT2D eigenvalue weighted by Crippen LogP contribution is -2.44. The summed E-state index contributed by atoms with van der Waals surface area (Å²) in [6.45, 7) is 3.68. The maximum Gasteiger partial charge on any atom is 0.317 e. The first kappa shape index (κ1) is 8.81. The number of carbonyl (C=O) groups excluding carboxylic acids is 1. The molecule has 1 atom stereocenters. The summed E-state index contributed by atoms with van der Waals surface area (Å²) in [4.78, 5) is 13.1. The van der Waals surface area contributed by atoms with Crippen molar-refractivity contribution in [3.8, 4) is 0 Å². The number of amides is 2. The van der Waals surface area contributed by atoms with Crippen molar-refractivity contribution in [2.45, 2.75) is 25.3 Å². The van der Waals surface area contributed by atoms with Crippen LogP contribution in [0.2, 0.25) is 0 Å². The zero-order valence-electron chi connectivity index (χ0n) is 7.88. The van der Waals surface area contributed by atoms with Crippen LogP contribution in [0.25, 0.3) is 0 Å². The molecule has 4 nitrogen and oxygen atoms in total. The van der Waals surface area contributed by atoms with Crippen LogP contribution in [-0.4, -0.2) is 43.2 Å². The Balaban J connectivity index is 1.79. The van der Waals surface area contributed by atoms with Crippen LogP contribution in [-0.2, 0) is 0 Å². The minimum Gasteiger partial charge on any atom is -0.336 e. The molecule has 0 spiro atoms. The van der Waals surface area contributed by atoms with Gasteiger partial charge in [0.15, 0.2) is 0 Å². The fourth-order valence-corrected chi connectivity index (χ4v) is 2.03. The van der Waals surface area contributed by atoms with Gasteiger partial charge in [-0.15, -0.1) is 0 Å². The van der Waals surface area contributed by atoms with Gasteiger partial charge in [0.05, 0.1) is 0 Å². The largest absolute Gasteiger partial charge is 0.336 e. The van der Waals surface area contributed by atoms with Crippen molar-refractivity contribution < 1.29 is 4.79 Å². The van der Waals surface area contributed by atoms with E-state index in [0.29, 0.717) is 6.04 Å². The van der Waals surface area contributed by atoms with Gasteiger partial charge in [-0.3, -0.25) is 0 Å².